The maximum absolute atomic E-state index is 11.5. The summed E-state index contributed by atoms with van der Waals surface area (Å²) in [6.45, 7) is 0.663. The maximum atomic E-state index is 11.5. The molecule has 16 heavy (non-hydrogen) atoms. The molecule has 0 aliphatic carbocycles. The van der Waals surface area contributed by atoms with Crippen molar-refractivity contribution in [2.45, 2.75) is 6.54 Å². The Hall–Kier alpha value is -2.07. The lowest BCUT2D eigenvalue weighted by atomic mass is 10.1. The lowest BCUT2D eigenvalue weighted by Gasteiger charge is -2.08. The first-order valence-electron chi connectivity index (χ1n) is 5.01. The summed E-state index contributed by atoms with van der Waals surface area (Å²) in [5, 5.41) is 0. The number of hydrogen-bond donors (Lipinski definition) is 2. The number of hydrazine groups is 1. The van der Waals surface area contributed by atoms with E-state index in [0.717, 1.165) is 5.56 Å². The van der Waals surface area contributed by atoms with Crippen LogP contribution in [0.2, 0.25) is 0 Å². The van der Waals surface area contributed by atoms with Crippen LogP contribution in [0, 0.1) is 0 Å². The number of rotatable bonds is 3. The first kappa shape index (κ1) is 10.4. The molecule has 0 radical (unpaired) electrons. The summed E-state index contributed by atoms with van der Waals surface area (Å²) in [6, 6.07) is 11.3. The van der Waals surface area contributed by atoms with Gasteiger partial charge < -0.3 is 4.57 Å². The molecule has 0 aliphatic heterocycles. The SMILES string of the molecule is NNC(=O)c1ccccc1Cn1cccc1. The number of nitrogen functional groups attached to an aromatic ring is 1. The summed E-state index contributed by atoms with van der Waals surface area (Å²) < 4.78 is 2.00. The minimum absolute atomic E-state index is 0.261. The van der Waals surface area contributed by atoms with Crippen LogP contribution in [-0.4, -0.2) is 10.5 Å². The van der Waals surface area contributed by atoms with Gasteiger partial charge in [-0.3, -0.25) is 10.2 Å². The molecule has 4 heteroatoms. The van der Waals surface area contributed by atoms with E-state index in [1.54, 1.807) is 6.07 Å². The fourth-order valence-electron chi connectivity index (χ4n) is 1.63. The number of aromatic nitrogens is 1. The van der Waals surface area contributed by atoms with E-state index in [-0.39, 0.29) is 5.91 Å². The highest BCUT2D eigenvalue weighted by atomic mass is 16.2. The molecule has 2 aromatic rings. The summed E-state index contributed by atoms with van der Waals surface area (Å²) in [5.74, 6) is 4.88. The van der Waals surface area contributed by atoms with Gasteiger partial charge in [-0.15, -0.1) is 0 Å². The summed E-state index contributed by atoms with van der Waals surface area (Å²) in [4.78, 5) is 11.5. The average Bonchev–Trinajstić information content (AvgIpc) is 2.82. The van der Waals surface area contributed by atoms with Crippen molar-refractivity contribution in [1.82, 2.24) is 9.99 Å². The summed E-state index contributed by atoms with van der Waals surface area (Å²) in [6.07, 6.45) is 3.91. The van der Waals surface area contributed by atoms with Crippen LogP contribution >= 0.6 is 0 Å². The van der Waals surface area contributed by atoms with Gasteiger partial charge in [0.05, 0.1) is 0 Å². The van der Waals surface area contributed by atoms with E-state index in [1.165, 1.54) is 0 Å². The molecule has 0 bridgehead atoms. The molecule has 1 aromatic heterocycles. The molecule has 4 nitrogen and oxygen atoms in total. The van der Waals surface area contributed by atoms with Crippen molar-refractivity contribution in [3.8, 4) is 0 Å². The van der Waals surface area contributed by atoms with Crippen molar-refractivity contribution < 1.29 is 4.79 Å². The summed E-state index contributed by atoms with van der Waals surface area (Å²) in [5.41, 5.74) is 3.71. The highest BCUT2D eigenvalue weighted by Crippen LogP contribution is 2.10. The Morgan fingerprint density at radius 3 is 2.56 bits per heavy atom. The van der Waals surface area contributed by atoms with Crippen LogP contribution in [0.4, 0.5) is 0 Å². The predicted octanol–water partition coefficient (Wildman–Crippen LogP) is 1.14. The summed E-state index contributed by atoms with van der Waals surface area (Å²) in [7, 11) is 0. The van der Waals surface area contributed by atoms with E-state index in [0.29, 0.717) is 12.1 Å². The van der Waals surface area contributed by atoms with Gasteiger partial charge in [0, 0.05) is 24.5 Å². The van der Waals surface area contributed by atoms with E-state index in [4.69, 9.17) is 5.84 Å². The molecule has 82 valence electrons. The lowest BCUT2D eigenvalue weighted by Crippen LogP contribution is -2.30. The van der Waals surface area contributed by atoms with Crippen molar-refractivity contribution in [2.75, 3.05) is 0 Å². The third-order valence-corrected chi connectivity index (χ3v) is 2.41. The molecule has 0 unspecified atom stereocenters. The highest BCUT2D eigenvalue weighted by molar-refractivity contribution is 5.95. The first-order valence-corrected chi connectivity index (χ1v) is 5.01. The minimum Gasteiger partial charge on any atom is -0.350 e. The topological polar surface area (TPSA) is 60.0 Å². The molecular formula is C12H13N3O. The molecule has 0 spiro atoms. The Bertz CT molecular complexity index is 477. The minimum atomic E-state index is -0.261. The zero-order valence-electron chi connectivity index (χ0n) is 8.76. The van der Waals surface area contributed by atoms with E-state index in [9.17, 15) is 4.79 Å². The Morgan fingerprint density at radius 2 is 1.88 bits per heavy atom. The second-order valence-corrected chi connectivity index (χ2v) is 3.49. The standard InChI is InChI=1S/C12H13N3O/c13-14-12(16)11-6-2-1-5-10(11)9-15-7-3-4-8-15/h1-8H,9,13H2,(H,14,16). The van der Waals surface area contributed by atoms with E-state index < -0.39 is 0 Å². The van der Waals surface area contributed by atoms with Crippen molar-refractivity contribution >= 4 is 5.91 Å². The fourth-order valence-corrected chi connectivity index (χ4v) is 1.63. The van der Waals surface area contributed by atoms with Gasteiger partial charge in [-0.1, -0.05) is 18.2 Å². The van der Waals surface area contributed by atoms with Gasteiger partial charge in [-0.05, 0) is 23.8 Å². The Kier molecular flexibility index (Phi) is 3.03. The van der Waals surface area contributed by atoms with Gasteiger partial charge in [0.15, 0.2) is 0 Å². The monoisotopic (exact) mass is 215 g/mol. The quantitative estimate of drug-likeness (QED) is 0.458. The largest absolute Gasteiger partial charge is 0.350 e. The van der Waals surface area contributed by atoms with E-state index in [1.807, 2.05) is 47.3 Å². The molecule has 0 saturated heterocycles. The van der Waals surface area contributed by atoms with Gasteiger partial charge in [0.25, 0.3) is 5.91 Å². The van der Waals surface area contributed by atoms with Crippen molar-refractivity contribution in [2.24, 2.45) is 5.84 Å². The number of benzene rings is 1. The van der Waals surface area contributed by atoms with Crippen LogP contribution in [0.5, 0.6) is 0 Å². The molecule has 1 heterocycles. The van der Waals surface area contributed by atoms with E-state index in [2.05, 4.69) is 5.43 Å². The third kappa shape index (κ3) is 2.12. The molecule has 3 N–H and O–H groups in total. The Balaban J connectivity index is 2.30. The maximum Gasteiger partial charge on any atom is 0.265 e. The number of nitrogens with zero attached hydrogens (tertiary/aromatic N) is 1. The number of nitrogens with two attached hydrogens (primary N) is 1. The predicted molar refractivity (Wildman–Crippen MR) is 61.6 cm³/mol. The van der Waals surface area contributed by atoms with Crippen LogP contribution in [0.15, 0.2) is 48.8 Å². The fraction of sp³-hybridized carbons (Fsp3) is 0.0833. The number of nitrogens with one attached hydrogen (secondary N) is 1. The molecule has 0 fully saturated rings. The van der Waals surface area contributed by atoms with Crippen LogP contribution in [-0.2, 0) is 6.54 Å². The number of hydrogen-bond acceptors (Lipinski definition) is 2. The van der Waals surface area contributed by atoms with E-state index >= 15 is 0 Å². The van der Waals surface area contributed by atoms with Crippen molar-refractivity contribution in [3.63, 3.8) is 0 Å². The van der Waals surface area contributed by atoms with Gasteiger partial charge in [0.2, 0.25) is 0 Å². The van der Waals surface area contributed by atoms with Gasteiger partial charge >= 0.3 is 0 Å². The molecular weight excluding hydrogens is 202 g/mol. The van der Waals surface area contributed by atoms with Crippen molar-refractivity contribution in [1.29, 1.82) is 0 Å². The van der Waals surface area contributed by atoms with Gasteiger partial charge in [-0.2, -0.15) is 0 Å². The first-order chi connectivity index (χ1) is 7.81. The van der Waals surface area contributed by atoms with Crippen LogP contribution in [0.25, 0.3) is 0 Å². The average molecular weight is 215 g/mol. The van der Waals surface area contributed by atoms with Gasteiger partial charge in [-0.25, -0.2) is 5.84 Å². The number of amides is 1. The van der Waals surface area contributed by atoms with Crippen molar-refractivity contribution in [3.05, 3.63) is 59.9 Å². The number of carbonyl (C=O) groups excluding carboxylic acids is 1. The lowest BCUT2D eigenvalue weighted by molar-refractivity contribution is 0.0952. The van der Waals surface area contributed by atoms with Crippen LogP contribution in [0.1, 0.15) is 15.9 Å². The summed E-state index contributed by atoms with van der Waals surface area (Å²) >= 11 is 0. The smallest absolute Gasteiger partial charge is 0.265 e. The van der Waals surface area contributed by atoms with Crippen LogP contribution < -0.4 is 11.3 Å². The molecule has 0 aliphatic rings. The molecule has 2 rings (SSSR count). The zero-order valence-corrected chi connectivity index (χ0v) is 8.76. The Labute approximate surface area is 93.7 Å². The second-order valence-electron chi connectivity index (χ2n) is 3.49. The Morgan fingerprint density at radius 1 is 1.19 bits per heavy atom. The normalized spacial score (nSPS) is 10.1. The van der Waals surface area contributed by atoms with Crippen LogP contribution in [0.3, 0.4) is 0 Å². The molecule has 0 atom stereocenters. The molecule has 1 aromatic carbocycles. The second kappa shape index (κ2) is 4.63. The molecule has 0 saturated carbocycles. The third-order valence-electron chi connectivity index (χ3n) is 2.41. The zero-order chi connectivity index (χ0) is 11.4. The van der Waals surface area contributed by atoms with Gasteiger partial charge in [0.1, 0.15) is 0 Å². The molecule has 1 amide bonds. The number of carbonyl (C=O) groups is 1. The highest BCUT2D eigenvalue weighted by Gasteiger charge is 2.08.